The molecule has 2 amide bonds. The normalized spacial score (nSPS) is 15.7. The molecule has 1 aliphatic heterocycles. The molecule has 0 radical (unpaired) electrons. The third kappa shape index (κ3) is 4.62. The van der Waals surface area contributed by atoms with Gasteiger partial charge in [0.2, 0.25) is 11.8 Å². The zero-order chi connectivity index (χ0) is 20.3. The smallest absolute Gasteiger partial charge is 0.257 e. The molecule has 7 nitrogen and oxygen atoms in total. The Balaban J connectivity index is 1.88. The van der Waals surface area contributed by atoms with Gasteiger partial charge in [0.05, 0.1) is 11.5 Å². The van der Waals surface area contributed by atoms with Crippen LogP contribution in [0.25, 0.3) is 0 Å². The lowest BCUT2D eigenvalue weighted by molar-refractivity contribution is -0.123. The van der Waals surface area contributed by atoms with Crippen LogP contribution in [-0.4, -0.2) is 27.5 Å². The number of hydrogen-bond donors (Lipinski definition) is 3. The van der Waals surface area contributed by atoms with Gasteiger partial charge in [-0.25, -0.2) is 4.98 Å². The van der Waals surface area contributed by atoms with Crippen molar-refractivity contribution in [1.82, 2.24) is 9.97 Å². The predicted octanol–water partition coefficient (Wildman–Crippen LogP) is 3.34. The van der Waals surface area contributed by atoms with Gasteiger partial charge in [0.1, 0.15) is 5.82 Å². The number of nitrogens with one attached hydrogen (secondary N) is 3. The van der Waals surface area contributed by atoms with Crippen molar-refractivity contribution in [1.29, 1.82) is 0 Å². The maximum absolute atomic E-state index is 12.9. The number of nitrogens with zero attached hydrogens (tertiary/aromatic N) is 1. The summed E-state index contributed by atoms with van der Waals surface area (Å²) in [5.74, 6) is -0.589. The van der Waals surface area contributed by atoms with Gasteiger partial charge in [-0.05, 0) is 43.5 Å². The van der Waals surface area contributed by atoms with Crippen molar-refractivity contribution in [2.75, 3.05) is 16.4 Å². The molecule has 1 aromatic heterocycles. The molecule has 1 aromatic carbocycles. The van der Waals surface area contributed by atoms with Crippen molar-refractivity contribution < 1.29 is 9.59 Å². The first kappa shape index (κ1) is 20.1. The van der Waals surface area contributed by atoms with E-state index in [1.54, 1.807) is 0 Å². The van der Waals surface area contributed by atoms with Crippen LogP contribution in [0.15, 0.2) is 28.2 Å². The topological polar surface area (TPSA) is 104 Å². The average molecular weight is 401 g/mol. The molecule has 3 rings (SSSR count). The molecule has 0 saturated carbocycles. The van der Waals surface area contributed by atoms with E-state index >= 15 is 0 Å². The maximum atomic E-state index is 12.9. The summed E-state index contributed by atoms with van der Waals surface area (Å²) in [6.45, 7) is 5.97. The number of rotatable bonds is 6. The molecule has 8 heteroatoms. The molecule has 0 spiro atoms. The standard InChI is InChI=1S/C20H24N4O3S/c1-4-5-6-28-20-23-17-16(19(27)24-20)14(10-15(25)22-17)18(26)21-13-8-11(2)7-12(3)9-13/h7-9,14H,4-6,10H2,1-3H3,(H,21,26)(H2,22,23,24,25,27)/t14-/m0/s1. The molecule has 0 fully saturated rings. The van der Waals surface area contributed by atoms with Crippen molar-refractivity contribution in [3.8, 4) is 0 Å². The minimum absolute atomic E-state index is 0.0866. The van der Waals surface area contributed by atoms with E-state index in [0.717, 1.165) is 29.7 Å². The van der Waals surface area contributed by atoms with E-state index < -0.39 is 5.92 Å². The molecule has 1 atom stereocenters. The van der Waals surface area contributed by atoms with Crippen molar-refractivity contribution in [2.45, 2.75) is 51.1 Å². The highest BCUT2D eigenvalue weighted by molar-refractivity contribution is 7.99. The van der Waals surface area contributed by atoms with E-state index in [9.17, 15) is 14.4 Å². The molecule has 0 unspecified atom stereocenters. The highest BCUT2D eigenvalue weighted by atomic mass is 32.2. The molecule has 28 heavy (non-hydrogen) atoms. The van der Waals surface area contributed by atoms with Gasteiger partial charge in [0.15, 0.2) is 5.16 Å². The van der Waals surface area contributed by atoms with Gasteiger partial charge >= 0.3 is 0 Å². The number of H-pyrrole nitrogens is 1. The number of benzene rings is 1. The number of fused-ring (bicyclic) bond motifs is 1. The number of amides is 2. The van der Waals surface area contributed by atoms with Crippen molar-refractivity contribution >= 4 is 35.1 Å². The molecule has 0 bridgehead atoms. The fourth-order valence-corrected chi connectivity index (χ4v) is 4.18. The Morgan fingerprint density at radius 2 is 1.96 bits per heavy atom. The minimum atomic E-state index is -0.879. The van der Waals surface area contributed by atoms with Crippen molar-refractivity contribution in [2.24, 2.45) is 0 Å². The number of thioether (sulfide) groups is 1. The molecule has 2 aromatic rings. The number of aromatic amines is 1. The monoisotopic (exact) mass is 400 g/mol. The van der Waals surface area contributed by atoms with Crippen LogP contribution in [0.3, 0.4) is 0 Å². The molecule has 148 valence electrons. The van der Waals surface area contributed by atoms with Gasteiger partial charge in [0.25, 0.3) is 5.56 Å². The molecular formula is C20H24N4O3S. The summed E-state index contributed by atoms with van der Waals surface area (Å²) >= 11 is 1.43. The lowest BCUT2D eigenvalue weighted by atomic mass is 9.92. The third-order valence-electron chi connectivity index (χ3n) is 4.47. The summed E-state index contributed by atoms with van der Waals surface area (Å²) in [6, 6.07) is 5.71. The number of carbonyl (C=O) groups excluding carboxylic acids is 2. The zero-order valence-electron chi connectivity index (χ0n) is 16.2. The molecule has 1 aliphatic rings. The van der Waals surface area contributed by atoms with E-state index in [1.165, 1.54) is 11.8 Å². The first-order chi connectivity index (χ1) is 13.4. The Morgan fingerprint density at radius 3 is 2.64 bits per heavy atom. The zero-order valence-corrected chi connectivity index (χ0v) is 17.0. The second-order valence-electron chi connectivity index (χ2n) is 7.01. The Morgan fingerprint density at radius 1 is 1.25 bits per heavy atom. The van der Waals surface area contributed by atoms with Gasteiger partial charge in [-0.1, -0.05) is 31.2 Å². The molecule has 0 saturated heterocycles. The van der Waals surface area contributed by atoms with E-state index in [1.807, 2.05) is 32.0 Å². The SMILES string of the molecule is CCCCSc1nc2c(c(=O)[nH]1)[C@@H](C(=O)Nc1cc(C)cc(C)c1)CC(=O)N2. The molecule has 2 heterocycles. The van der Waals surface area contributed by atoms with Crippen LogP contribution in [0.4, 0.5) is 11.5 Å². The van der Waals surface area contributed by atoms with Crippen LogP contribution >= 0.6 is 11.8 Å². The van der Waals surface area contributed by atoms with Gasteiger partial charge < -0.3 is 15.6 Å². The van der Waals surface area contributed by atoms with Crippen LogP contribution in [0.2, 0.25) is 0 Å². The van der Waals surface area contributed by atoms with E-state index in [-0.39, 0.29) is 35.2 Å². The van der Waals surface area contributed by atoms with Crippen LogP contribution in [0.1, 0.15) is 48.8 Å². The summed E-state index contributed by atoms with van der Waals surface area (Å²) in [5.41, 5.74) is 2.51. The van der Waals surface area contributed by atoms with Crippen molar-refractivity contribution in [3.63, 3.8) is 0 Å². The Labute approximate surface area is 167 Å². The third-order valence-corrected chi connectivity index (χ3v) is 5.43. The van der Waals surface area contributed by atoms with E-state index in [4.69, 9.17) is 0 Å². The summed E-state index contributed by atoms with van der Waals surface area (Å²) < 4.78 is 0. The highest BCUT2D eigenvalue weighted by Gasteiger charge is 2.34. The Kier molecular flexibility index (Phi) is 6.18. The number of hydrogen-bond acceptors (Lipinski definition) is 5. The van der Waals surface area contributed by atoms with Gasteiger partial charge in [-0.3, -0.25) is 14.4 Å². The summed E-state index contributed by atoms with van der Waals surface area (Å²) in [6.07, 6.45) is 1.95. The largest absolute Gasteiger partial charge is 0.326 e. The van der Waals surface area contributed by atoms with Gasteiger partial charge in [0, 0.05) is 17.9 Å². The lowest BCUT2D eigenvalue weighted by Gasteiger charge is -2.23. The summed E-state index contributed by atoms with van der Waals surface area (Å²) in [5, 5.41) is 5.92. The maximum Gasteiger partial charge on any atom is 0.257 e. The van der Waals surface area contributed by atoms with E-state index in [2.05, 4.69) is 27.5 Å². The minimum Gasteiger partial charge on any atom is -0.326 e. The first-order valence-electron chi connectivity index (χ1n) is 9.33. The summed E-state index contributed by atoms with van der Waals surface area (Å²) in [7, 11) is 0. The quantitative estimate of drug-likeness (QED) is 0.392. The number of aryl methyl sites for hydroxylation is 2. The summed E-state index contributed by atoms with van der Waals surface area (Å²) in [4.78, 5) is 44.8. The van der Waals surface area contributed by atoms with Crippen LogP contribution < -0.4 is 16.2 Å². The number of unbranched alkanes of at least 4 members (excludes halogenated alkanes) is 1. The van der Waals surface area contributed by atoms with Crippen LogP contribution in [0.5, 0.6) is 0 Å². The number of anilines is 2. The fraction of sp³-hybridized carbons (Fsp3) is 0.400. The average Bonchev–Trinajstić information content (AvgIpc) is 2.60. The van der Waals surface area contributed by atoms with E-state index in [0.29, 0.717) is 10.8 Å². The number of carbonyl (C=O) groups is 2. The highest BCUT2D eigenvalue weighted by Crippen LogP contribution is 2.30. The molecule has 3 N–H and O–H groups in total. The second kappa shape index (κ2) is 8.60. The van der Waals surface area contributed by atoms with Crippen molar-refractivity contribution in [3.05, 3.63) is 45.2 Å². The first-order valence-corrected chi connectivity index (χ1v) is 10.3. The van der Waals surface area contributed by atoms with Gasteiger partial charge in [-0.2, -0.15) is 0 Å². The lowest BCUT2D eigenvalue weighted by Crippen LogP contribution is -2.36. The van der Waals surface area contributed by atoms with Crippen LogP contribution in [0, 0.1) is 13.8 Å². The predicted molar refractivity (Wildman–Crippen MR) is 111 cm³/mol. The number of aromatic nitrogens is 2. The Bertz CT molecular complexity index is 950. The molecular weight excluding hydrogens is 376 g/mol. The van der Waals surface area contributed by atoms with Crippen LogP contribution in [-0.2, 0) is 9.59 Å². The Hall–Kier alpha value is -2.61. The van der Waals surface area contributed by atoms with Gasteiger partial charge in [-0.15, -0.1) is 0 Å². The molecule has 0 aliphatic carbocycles. The fourth-order valence-electron chi connectivity index (χ4n) is 3.23. The second-order valence-corrected chi connectivity index (χ2v) is 8.09.